The van der Waals surface area contributed by atoms with Crippen molar-refractivity contribution in [3.8, 4) is 5.88 Å². The maximum atomic E-state index is 5.38. The van der Waals surface area contributed by atoms with E-state index in [0.29, 0.717) is 5.88 Å². The average Bonchev–Trinajstić information content (AvgIpc) is 3.05. The number of hydrogen-bond acceptors (Lipinski definition) is 4. The van der Waals surface area contributed by atoms with Crippen molar-refractivity contribution in [2.75, 3.05) is 7.11 Å². The van der Waals surface area contributed by atoms with Gasteiger partial charge in [0.25, 0.3) is 0 Å². The largest absolute Gasteiger partial charge is 0.480 e. The summed E-state index contributed by atoms with van der Waals surface area (Å²) in [6, 6.07) is 8.85. The van der Waals surface area contributed by atoms with Crippen LogP contribution in [0.1, 0.15) is 29.8 Å². The van der Waals surface area contributed by atoms with Gasteiger partial charge in [-0.3, -0.25) is 4.40 Å². The highest BCUT2D eigenvalue weighted by Gasteiger charge is 2.14. The van der Waals surface area contributed by atoms with Crippen molar-refractivity contribution < 1.29 is 4.74 Å². The molecule has 0 aliphatic heterocycles. The van der Waals surface area contributed by atoms with Crippen LogP contribution in [0.25, 0.3) is 4.96 Å². The first-order valence-electron chi connectivity index (χ1n) is 6.97. The number of fused-ring (bicyclic) bond motifs is 1. The third-order valence-corrected chi connectivity index (χ3v) is 4.39. The Bertz CT molecular complexity index is 747. The number of ether oxygens (including phenoxy) is 1. The Morgan fingerprint density at radius 2 is 2.29 bits per heavy atom. The number of aryl methyl sites for hydroxylation is 1. The van der Waals surface area contributed by atoms with Crippen LogP contribution in [-0.2, 0) is 6.54 Å². The van der Waals surface area contributed by atoms with Gasteiger partial charge in [-0.2, -0.15) is 4.98 Å². The van der Waals surface area contributed by atoms with Crippen LogP contribution in [-0.4, -0.2) is 16.5 Å². The van der Waals surface area contributed by atoms with Crippen molar-refractivity contribution in [1.82, 2.24) is 14.7 Å². The summed E-state index contributed by atoms with van der Waals surface area (Å²) in [5.41, 5.74) is 3.64. The summed E-state index contributed by atoms with van der Waals surface area (Å²) in [5, 5.41) is 5.59. The number of benzene rings is 1. The number of methoxy groups -OCH3 is 1. The van der Waals surface area contributed by atoms with Crippen molar-refractivity contribution in [3.63, 3.8) is 0 Å². The molecule has 0 radical (unpaired) electrons. The van der Waals surface area contributed by atoms with Gasteiger partial charge >= 0.3 is 0 Å². The Balaban J connectivity index is 1.78. The van der Waals surface area contributed by atoms with Crippen LogP contribution in [0.4, 0.5) is 0 Å². The van der Waals surface area contributed by atoms with Gasteiger partial charge in [-0.05, 0) is 19.4 Å². The van der Waals surface area contributed by atoms with Gasteiger partial charge in [0.1, 0.15) is 5.69 Å². The maximum absolute atomic E-state index is 5.38. The predicted molar refractivity (Wildman–Crippen MR) is 86.1 cm³/mol. The Kier molecular flexibility index (Phi) is 3.94. The van der Waals surface area contributed by atoms with Crippen LogP contribution in [0, 0.1) is 6.92 Å². The van der Waals surface area contributed by atoms with Gasteiger partial charge in [-0.25, -0.2) is 0 Å². The third-order valence-electron chi connectivity index (χ3n) is 3.64. The van der Waals surface area contributed by atoms with Gasteiger partial charge in [0.2, 0.25) is 5.88 Å². The van der Waals surface area contributed by atoms with Crippen molar-refractivity contribution in [3.05, 3.63) is 52.7 Å². The van der Waals surface area contributed by atoms with Crippen molar-refractivity contribution in [1.29, 1.82) is 0 Å². The molecule has 0 spiro atoms. The fourth-order valence-corrected chi connectivity index (χ4v) is 3.17. The number of thiazole rings is 1. The molecule has 1 aromatic carbocycles. The van der Waals surface area contributed by atoms with Crippen LogP contribution in [0.2, 0.25) is 0 Å². The molecule has 21 heavy (non-hydrogen) atoms. The summed E-state index contributed by atoms with van der Waals surface area (Å²) in [4.78, 5) is 5.44. The van der Waals surface area contributed by atoms with E-state index in [4.69, 9.17) is 4.74 Å². The minimum absolute atomic E-state index is 0.277. The van der Waals surface area contributed by atoms with Crippen molar-refractivity contribution >= 4 is 16.3 Å². The van der Waals surface area contributed by atoms with Gasteiger partial charge < -0.3 is 10.1 Å². The standard InChI is InChI=1S/C16H19N3OS/c1-11-5-4-6-13(9-11)12(2)17-10-14-15(20-3)18-16-19(14)7-8-21-16/h4-9,12,17H,10H2,1-3H3/t12-/m1/s1. The van der Waals surface area contributed by atoms with E-state index in [1.54, 1.807) is 18.4 Å². The zero-order chi connectivity index (χ0) is 14.8. The number of rotatable bonds is 5. The van der Waals surface area contributed by atoms with Crippen molar-refractivity contribution in [2.45, 2.75) is 26.4 Å². The highest BCUT2D eigenvalue weighted by Crippen LogP contribution is 2.24. The Morgan fingerprint density at radius 1 is 1.43 bits per heavy atom. The molecule has 1 atom stereocenters. The first-order chi connectivity index (χ1) is 10.2. The molecule has 0 bridgehead atoms. The second-order valence-electron chi connectivity index (χ2n) is 5.14. The molecule has 5 heteroatoms. The van der Waals surface area contributed by atoms with Crippen LogP contribution in [0.5, 0.6) is 5.88 Å². The maximum Gasteiger partial charge on any atom is 0.237 e. The molecule has 0 aliphatic carbocycles. The Hall–Kier alpha value is -1.85. The third kappa shape index (κ3) is 2.80. The van der Waals surface area contributed by atoms with E-state index in [1.807, 2.05) is 11.6 Å². The average molecular weight is 301 g/mol. The van der Waals surface area contributed by atoms with E-state index in [1.165, 1.54) is 11.1 Å². The number of imidazole rings is 1. The molecule has 1 N–H and O–H groups in total. The minimum Gasteiger partial charge on any atom is -0.480 e. The molecule has 0 unspecified atom stereocenters. The smallest absolute Gasteiger partial charge is 0.237 e. The molecule has 110 valence electrons. The lowest BCUT2D eigenvalue weighted by Crippen LogP contribution is -2.19. The lowest BCUT2D eigenvalue weighted by molar-refractivity contribution is 0.391. The molecule has 4 nitrogen and oxygen atoms in total. The molecular weight excluding hydrogens is 282 g/mol. The summed E-state index contributed by atoms with van der Waals surface area (Å²) >= 11 is 1.61. The summed E-state index contributed by atoms with van der Waals surface area (Å²) in [5.74, 6) is 0.700. The highest BCUT2D eigenvalue weighted by molar-refractivity contribution is 7.15. The second kappa shape index (κ2) is 5.87. The van der Waals surface area contributed by atoms with E-state index in [0.717, 1.165) is 17.2 Å². The normalized spacial score (nSPS) is 12.7. The quantitative estimate of drug-likeness (QED) is 0.783. The summed E-state index contributed by atoms with van der Waals surface area (Å²) in [6.45, 7) is 5.01. The summed E-state index contributed by atoms with van der Waals surface area (Å²) in [6.07, 6.45) is 2.03. The van der Waals surface area contributed by atoms with E-state index in [2.05, 4.69) is 52.8 Å². The zero-order valence-corrected chi connectivity index (χ0v) is 13.3. The number of aromatic nitrogens is 2. The van der Waals surface area contributed by atoms with Gasteiger partial charge in [-0.1, -0.05) is 29.8 Å². The van der Waals surface area contributed by atoms with Crippen molar-refractivity contribution in [2.24, 2.45) is 0 Å². The molecule has 3 aromatic rings. The second-order valence-corrected chi connectivity index (χ2v) is 6.01. The van der Waals surface area contributed by atoms with Gasteiger partial charge in [-0.15, -0.1) is 11.3 Å². The molecule has 0 amide bonds. The molecule has 0 saturated heterocycles. The Labute approximate surface area is 128 Å². The molecule has 0 aliphatic rings. The minimum atomic E-state index is 0.277. The van der Waals surface area contributed by atoms with E-state index >= 15 is 0 Å². The number of hydrogen-bond donors (Lipinski definition) is 1. The van der Waals surface area contributed by atoms with Crippen LogP contribution in [0.15, 0.2) is 35.8 Å². The van der Waals surface area contributed by atoms with Crippen LogP contribution in [0.3, 0.4) is 0 Å². The van der Waals surface area contributed by atoms with E-state index in [9.17, 15) is 0 Å². The molecule has 2 heterocycles. The highest BCUT2D eigenvalue weighted by atomic mass is 32.1. The Morgan fingerprint density at radius 3 is 3.05 bits per heavy atom. The monoisotopic (exact) mass is 301 g/mol. The molecule has 3 rings (SSSR count). The lowest BCUT2D eigenvalue weighted by Gasteiger charge is -2.15. The first kappa shape index (κ1) is 14.1. The molecule has 2 aromatic heterocycles. The van der Waals surface area contributed by atoms with E-state index in [-0.39, 0.29) is 6.04 Å². The zero-order valence-electron chi connectivity index (χ0n) is 12.5. The van der Waals surface area contributed by atoms with Gasteiger partial charge in [0.15, 0.2) is 4.96 Å². The van der Waals surface area contributed by atoms with E-state index < -0.39 is 0 Å². The lowest BCUT2D eigenvalue weighted by atomic mass is 10.1. The first-order valence-corrected chi connectivity index (χ1v) is 7.85. The molecule has 0 saturated carbocycles. The molecule has 0 fully saturated rings. The predicted octanol–water partition coefficient (Wildman–Crippen LogP) is 3.56. The number of nitrogens with one attached hydrogen (secondary N) is 1. The van der Waals surface area contributed by atoms with Gasteiger partial charge in [0, 0.05) is 24.2 Å². The van der Waals surface area contributed by atoms with Crippen LogP contribution < -0.4 is 10.1 Å². The summed E-state index contributed by atoms with van der Waals surface area (Å²) < 4.78 is 7.46. The molecular formula is C16H19N3OS. The topological polar surface area (TPSA) is 38.6 Å². The van der Waals surface area contributed by atoms with Gasteiger partial charge in [0.05, 0.1) is 7.11 Å². The SMILES string of the molecule is COc1nc2sccn2c1CN[C@H](C)c1cccc(C)c1. The van der Waals surface area contributed by atoms with Crippen LogP contribution >= 0.6 is 11.3 Å². The number of nitrogens with zero attached hydrogens (tertiary/aromatic N) is 2. The fraction of sp³-hybridized carbons (Fsp3) is 0.312. The fourth-order valence-electron chi connectivity index (χ4n) is 2.44. The summed E-state index contributed by atoms with van der Waals surface area (Å²) in [7, 11) is 1.67.